The van der Waals surface area contributed by atoms with Gasteiger partial charge in [-0.25, -0.2) is 0 Å². The maximum atomic E-state index is 9.55. The molecular formula is C11H23NO. The molecule has 0 aromatic carbocycles. The molecule has 0 spiro atoms. The van der Waals surface area contributed by atoms with E-state index in [1.807, 2.05) is 13.8 Å². The predicted octanol–water partition coefficient (Wildman–Crippen LogP) is 1.93. The van der Waals surface area contributed by atoms with Gasteiger partial charge in [0.2, 0.25) is 0 Å². The summed E-state index contributed by atoms with van der Waals surface area (Å²) >= 11 is 0. The van der Waals surface area contributed by atoms with Crippen LogP contribution in [0, 0.1) is 5.92 Å². The SMILES string of the molecule is CC1CCCC(NCC(C)(C)O)C1. The third kappa shape index (κ3) is 4.63. The monoisotopic (exact) mass is 185 g/mol. The first-order chi connectivity index (χ1) is 5.97. The van der Waals surface area contributed by atoms with Gasteiger partial charge in [0, 0.05) is 12.6 Å². The number of aliphatic hydroxyl groups is 1. The quantitative estimate of drug-likeness (QED) is 0.704. The molecule has 1 saturated carbocycles. The first-order valence-corrected chi connectivity index (χ1v) is 5.43. The van der Waals surface area contributed by atoms with Gasteiger partial charge in [-0.2, -0.15) is 0 Å². The zero-order chi connectivity index (χ0) is 9.90. The summed E-state index contributed by atoms with van der Waals surface area (Å²) in [6.07, 6.45) is 5.27. The van der Waals surface area contributed by atoms with E-state index in [-0.39, 0.29) is 0 Å². The van der Waals surface area contributed by atoms with E-state index in [1.165, 1.54) is 25.7 Å². The zero-order valence-electron chi connectivity index (χ0n) is 9.14. The summed E-state index contributed by atoms with van der Waals surface area (Å²) in [5.74, 6) is 0.855. The number of nitrogens with one attached hydrogen (secondary N) is 1. The lowest BCUT2D eigenvalue weighted by atomic mass is 9.87. The molecule has 0 saturated heterocycles. The minimum Gasteiger partial charge on any atom is -0.389 e. The predicted molar refractivity (Wildman–Crippen MR) is 55.7 cm³/mol. The molecule has 13 heavy (non-hydrogen) atoms. The first-order valence-electron chi connectivity index (χ1n) is 5.43. The molecule has 2 nitrogen and oxygen atoms in total. The van der Waals surface area contributed by atoms with E-state index in [1.54, 1.807) is 0 Å². The van der Waals surface area contributed by atoms with Crippen LogP contribution in [0.5, 0.6) is 0 Å². The molecule has 2 N–H and O–H groups in total. The number of rotatable bonds is 3. The molecule has 2 heteroatoms. The van der Waals surface area contributed by atoms with Crippen LogP contribution >= 0.6 is 0 Å². The Bertz CT molecular complexity index is 151. The van der Waals surface area contributed by atoms with Gasteiger partial charge in [0.05, 0.1) is 5.60 Å². The van der Waals surface area contributed by atoms with Crippen molar-refractivity contribution >= 4 is 0 Å². The highest BCUT2D eigenvalue weighted by molar-refractivity contribution is 4.79. The zero-order valence-corrected chi connectivity index (χ0v) is 9.14. The van der Waals surface area contributed by atoms with Crippen LogP contribution in [0.15, 0.2) is 0 Å². The maximum Gasteiger partial charge on any atom is 0.0715 e. The van der Waals surface area contributed by atoms with Crippen molar-refractivity contribution in [1.29, 1.82) is 0 Å². The summed E-state index contributed by atoms with van der Waals surface area (Å²) in [5.41, 5.74) is -0.569. The molecule has 0 amide bonds. The van der Waals surface area contributed by atoms with E-state index in [2.05, 4.69) is 12.2 Å². The van der Waals surface area contributed by atoms with Crippen molar-refractivity contribution in [3.8, 4) is 0 Å². The fourth-order valence-electron chi connectivity index (χ4n) is 2.01. The van der Waals surface area contributed by atoms with Gasteiger partial charge in [0.1, 0.15) is 0 Å². The van der Waals surface area contributed by atoms with Gasteiger partial charge in [-0.15, -0.1) is 0 Å². The Morgan fingerprint density at radius 3 is 2.62 bits per heavy atom. The molecule has 0 radical (unpaired) electrons. The average molecular weight is 185 g/mol. The Hall–Kier alpha value is -0.0800. The highest BCUT2D eigenvalue weighted by atomic mass is 16.3. The Morgan fingerprint density at radius 2 is 2.08 bits per heavy atom. The van der Waals surface area contributed by atoms with Crippen molar-refractivity contribution < 1.29 is 5.11 Å². The summed E-state index contributed by atoms with van der Waals surface area (Å²) in [4.78, 5) is 0. The first kappa shape index (κ1) is 11.0. The topological polar surface area (TPSA) is 32.3 Å². The van der Waals surface area contributed by atoms with Crippen LogP contribution < -0.4 is 5.32 Å². The molecule has 1 aliphatic carbocycles. The van der Waals surface area contributed by atoms with Crippen molar-refractivity contribution in [2.45, 2.75) is 58.1 Å². The van der Waals surface area contributed by atoms with Crippen molar-refractivity contribution in [2.24, 2.45) is 5.92 Å². The number of hydrogen-bond donors (Lipinski definition) is 2. The minimum atomic E-state index is -0.569. The summed E-state index contributed by atoms with van der Waals surface area (Å²) in [7, 11) is 0. The normalized spacial score (nSPS) is 30.5. The van der Waals surface area contributed by atoms with Gasteiger partial charge in [-0.1, -0.05) is 19.8 Å². The average Bonchev–Trinajstić information content (AvgIpc) is 2.00. The van der Waals surface area contributed by atoms with Crippen LogP contribution in [-0.4, -0.2) is 23.3 Å². The highest BCUT2D eigenvalue weighted by Gasteiger charge is 2.20. The van der Waals surface area contributed by atoms with Gasteiger partial charge < -0.3 is 10.4 Å². The molecule has 0 bridgehead atoms. The largest absolute Gasteiger partial charge is 0.389 e. The Balaban J connectivity index is 2.21. The lowest BCUT2D eigenvalue weighted by Gasteiger charge is -2.30. The highest BCUT2D eigenvalue weighted by Crippen LogP contribution is 2.23. The molecule has 2 unspecified atom stereocenters. The van der Waals surface area contributed by atoms with Gasteiger partial charge in [-0.05, 0) is 32.6 Å². The smallest absolute Gasteiger partial charge is 0.0715 e. The van der Waals surface area contributed by atoms with E-state index in [0.29, 0.717) is 12.6 Å². The van der Waals surface area contributed by atoms with Crippen molar-refractivity contribution in [3.05, 3.63) is 0 Å². The summed E-state index contributed by atoms with van der Waals surface area (Å²) in [6, 6.07) is 0.634. The van der Waals surface area contributed by atoms with Crippen LogP contribution in [0.1, 0.15) is 46.5 Å². The Kier molecular flexibility index (Phi) is 3.74. The minimum absolute atomic E-state index is 0.569. The summed E-state index contributed by atoms with van der Waals surface area (Å²) in [6.45, 7) is 6.74. The van der Waals surface area contributed by atoms with E-state index in [0.717, 1.165) is 5.92 Å². The van der Waals surface area contributed by atoms with Crippen LogP contribution in [0.3, 0.4) is 0 Å². The molecule has 0 aromatic rings. The molecule has 1 aliphatic rings. The molecule has 2 atom stereocenters. The van der Waals surface area contributed by atoms with Crippen molar-refractivity contribution in [3.63, 3.8) is 0 Å². The van der Waals surface area contributed by atoms with Crippen LogP contribution in [-0.2, 0) is 0 Å². The van der Waals surface area contributed by atoms with Gasteiger partial charge in [0.25, 0.3) is 0 Å². The Morgan fingerprint density at radius 1 is 1.38 bits per heavy atom. The second-order valence-electron chi connectivity index (χ2n) is 5.16. The van der Waals surface area contributed by atoms with Gasteiger partial charge in [0.15, 0.2) is 0 Å². The molecule has 0 heterocycles. The van der Waals surface area contributed by atoms with E-state index in [4.69, 9.17) is 0 Å². The molecule has 0 aliphatic heterocycles. The standard InChI is InChI=1S/C11H23NO/c1-9-5-4-6-10(7-9)12-8-11(2,3)13/h9-10,12-13H,4-8H2,1-3H3. The van der Waals surface area contributed by atoms with E-state index in [9.17, 15) is 5.11 Å². The van der Waals surface area contributed by atoms with Crippen molar-refractivity contribution in [2.75, 3.05) is 6.54 Å². The van der Waals surface area contributed by atoms with Gasteiger partial charge in [-0.3, -0.25) is 0 Å². The second kappa shape index (κ2) is 4.43. The van der Waals surface area contributed by atoms with Gasteiger partial charge >= 0.3 is 0 Å². The Labute approximate surface area is 81.7 Å². The fourth-order valence-corrected chi connectivity index (χ4v) is 2.01. The van der Waals surface area contributed by atoms with Crippen LogP contribution in [0.2, 0.25) is 0 Å². The lowest BCUT2D eigenvalue weighted by Crippen LogP contribution is -2.42. The second-order valence-corrected chi connectivity index (χ2v) is 5.16. The molecular weight excluding hydrogens is 162 g/mol. The summed E-state index contributed by atoms with van der Waals surface area (Å²) in [5, 5.41) is 13.0. The van der Waals surface area contributed by atoms with E-state index >= 15 is 0 Å². The van der Waals surface area contributed by atoms with Crippen molar-refractivity contribution in [1.82, 2.24) is 5.32 Å². The third-order valence-corrected chi connectivity index (χ3v) is 2.76. The summed E-state index contributed by atoms with van der Waals surface area (Å²) < 4.78 is 0. The van der Waals surface area contributed by atoms with Crippen LogP contribution in [0.4, 0.5) is 0 Å². The molecule has 1 rings (SSSR count). The molecule has 78 valence electrons. The van der Waals surface area contributed by atoms with E-state index < -0.39 is 5.60 Å². The molecule has 1 fully saturated rings. The maximum absolute atomic E-state index is 9.55. The van der Waals surface area contributed by atoms with Crippen LogP contribution in [0.25, 0.3) is 0 Å². The third-order valence-electron chi connectivity index (χ3n) is 2.76. The lowest BCUT2D eigenvalue weighted by molar-refractivity contribution is 0.0733. The number of hydrogen-bond acceptors (Lipinski definition) is 2. The molecule has 0 aromatic heterocycles. The fraction of sp³-hybridized carbons (Fsp3) is 1.00.